The maximum Gasteiger partial charge on any atom is 0.416 e. The molecule has 0 amide bonds. The first-order valence-electron chi connectivity index (χ1n) is 7.24. The smallest absolute Gasteiger partial charge is 0.388 e. The summed E-state index contributed by atoms with van der Waals surface area (Å²) in [5.41, 5.74) is 3.07. The van der Waals surface area contributed by atoms with Crippen LogP contribution in [0.15, 0.2) is 28.5 Å². The van der Waals surface area contributed by atoms with Crippen molar-refractivity contribution in [3.05, 3.63) is 50.8 Å². The van der Waals surface area contributed by atoms with Crippen LogP contribution < -0.4 is 5.73 Å². The van der Waals surface area contributed by atoms with Gasteiger partial charge < -0.3 is 5.73 Å². The zero-order valence-electron chi connectivity index (χ0n) is 14.0. The molecule has 0 unspecified atom stereocenters. The minimum atomic E-state index is -4.70. The lowest BCUT2D eigenvalue weighted by Crippen LogP contribution is -2.13. The first-order chi connectivity index (χ1) is 13.8. The van der Waals surface area contributed by atoms with Gasteiger partial charge in [-0.2, -0.15) is 23.7 Å². The van der Waals surface area contributed by atoms with Crippen LogP contribution in [0.4, 0.5) is 13.2 Å². The number of nitrogens with two attached hydrogens (primary N) is 1. The Morgan fingerprint density at radius 3 is 2.13 bits per heavy atom. The summed E-state index contributed by atoms with van der Waals surface area (Å²) in [5.74, 6) is -0.630. The van der Waals surface area contributed by atoms with Gasteiger partial charge in [0, 0.05) is 0 Å². The van der Waals surface area contributed by atoms with Crippen LogP contribution in [-0.2, 0) is 9.97 Å². The van der Waals surface area contributed by atoms with Gasteiger partial charge in [-0.3, -0.25) is 0 Å². The molecule has 15 heteroatoms. The van der Waals surface area contributed by atoms with Gasteiger partial charge in [-0.05, 0) is 12.1 Å². The summed E-state index contributed by atoms with van der Waals surface area (Å²) < 4.78 is 37.5. The quantitative estimate of drug-likeness (QED) is 0.347. The topological polar surface area (TPSA) is 117 Å². The number of rotatable bonds is 3. The average molecular weight is 518 g/mol. The Labute approximate surface area is 191 Å². The third-order valence-electron chi connectivity index (χ3n) is 3.22. The van der Waals surface area contributed by atoms with Gasteiger partial charge in [-0.15, -0.1) is 5.10 Å². The van der Waals surface area contributed by atoms with Crippen molar-refractivity contribution < 1.29 is 13.2 Å². The van der Waals surface area contributed by atoms with Crippen molar-refractivity contribution in [1.82, 2.24) is 14.8 Å². The molecular formula is C15H5Cl5F3N7. The molecule has 0 saturated heterocycles. The van der Waals surface area contributed by atoms with Crippen molar-refractivity contribution in [1.29, 1.82) is 10.5 Å². The van der Waals surface area contributed by atoms with Crippen LogP contribution in [-0.4, -0.2) is 21.0 Å². The molecule has 0 aliphatic heterocycles. The Balaban J connectivity index is 2.68. The SMILES string of the molecule is N#CC(N)=C(C#N)N=Cc1nc(C(Cl)(Cl)Cl)n(-c2c(Cl)cc(C(F)(F)F)cc2Cl)n1. The summed E-state index contributed by atoms with van der Waals surface area (Å²) in [6.07, 6.45) is -3.78. The Bertz CT molecular complexity index is 1110. The van der Waals surface area contributed by atoms with E-state index in [0.29, 0.717) is 12.1 Å². The molecule has 7 nitrogen and oxygen atoms in total. The number of hydrogen-bond donors (Lipinski definition) is 1. The first-order valence-corrected chi connectivity index (χ1v) is 9.13. The van der Waals surface area contributed by atoms with E-state index in [1.165, 1.54) is 6.07 Å². The van der Waals surface area contributed by atoms with Crippen molar-refractivity contribution >= 4 is 64.2 Å². The Kier molecular flexibility index (Phi) is 7.12. The number of allylic oxidation sites excluding steroid dienone is 2. The number of nitrogens with zero attached hydrogens (tertiary/aromatic N) is 6. The van der Waals surface area contributed by atoms with Gasteiger partial charge >= 0.3 is 6.18 Å². The molecule has 0 bridgehead atoms. The fraction of sp³-hybridized carbons (Fsp3) is 0.133. The second-order valence-electron chi connectivity index (χ2n) is 5.23. The van der Waals surface area contributed by atoms with Gasteiger partial charge in [0.25, 0.3) is 0 Å². The minimum Gasteiger partial charge on any atom is -0.388 e. The Morgan fingerprint density at radius 2 is 1.70 bits per heavy atom. The maximum absolute atomic E-state index is 13.0. The van der Waals surface area contributed by atoms with Crippen molar-refractivity contribution in [2.75, 3.05) is 0 Å². The van der Waals surface area contributed by atoms with E-state index in [-0.39, 0.29) is 17.3 Å². The molecule has 0 radical (unpaired) electrons. The monoisotopic (exact) mass is 515 g/mol. The van der Waals surface area contributed by atoms with Crippen LogP contribution in [0.3, 0.4) is 0 Å². The molecule has 2 rings (SSSR count). The van der Waals surface area contributed by atoms with Gasteiger partial charge in [0.2, 0.25) is 3.79 Å². The maximum atomic E-state index is 13.0. The summed E-state index contributed by atoms with van der Waals surface area (Å²) >= 11 is 29.6. The molecule has 0 saturated carbocycles. The molecule has 0 spiro atoms. The van der Waals surface area contributed by atoms with Gasteiger partial charge in [0.05, 0.1) is 21.8 Å². The van der Waals surface area contributed by atoms with E-state index in [0.717, 1.165) is 10.9 Å². The number of benzene rings is 1. The highest BCUT2D eigenvalue weighted by Gasteiger charge is 2.35. The fourth-order valence-corrected chi connectivity index (χ4v) is 3.00. The van der Waals surface area contributed by atoms with Crippen LogP contribution in [0.25, 0.3) is 5.69 Å². The third kappa shape index (κ3) is 5.28. The van der Waals surface area contributed by atoms with Crippen LogP contribution in [0, 0.1) is 22.7 Å². The number of halogens is 8. The standard InChI is InChI=1S/C15H5Cl5F3N7/c16-7-1-6(15(21,22)23)2-8(17)12(7)30-13(14(18,19)20)28-11(29-30)5-27-10(4-25)9(26)3-24/h1-2,5H,26H2. The second kappa shape index (κ2) is 8.88. The van der Waals surface area contributed by atoms with E-state index in [9.17, 15) is 13.2 Å². The molecule has 156 valence electrons. The lowest BCUT2D eigenvalue weighted by atomic mass is 10.2. The highest BCUT2D eigenvalue weighted by molar-refractivity contribution is 6.66. The van der Waals surface area contributed by atoms with E-state index in [1.807, 2.05) is 0 Å². The molecule has 0 fully saturated rings. The second-order valence-corrected chi connectivity index (χ2v) is 8.33. The van der Waals surface area contributed by atoms with Crippen LogP contribution >= 0.6 is 58.0 Å². The van der Waals surface area contributed by atoms with Crippen LogP contribution in [0.2, 0.25) is 10.0 Å². The highest BCUT2D eigenvalue weighted by atomic mass is 35.6. The van der Waals surface area contributed by atoms with Gasteiger partial charge in [0.15, 0.2) is 17.3 Å². The molecule has 1 aromatic heterocycles. The fourth-order valence-electron chi connectivity index (χ4n) is 1.99. The minimum absolute atomic E-state index is 0.243. The zero-order chi connectivity index (χ0) is 22.9. The summed E-state index contributed by atoms with van der Waals surface area (Å²) in [5, 5.41) is 20.7. The molecule has 2 aromatic rings. The summed E-state index contributed by atoms with van der Waals surface area (Å²) in [7, 11) is 0. The highest BCUT2D eigenvalue weighted by Crippen LogP contribution is 2.42. The average Bonchev–Trinajstić information content (AvgIpc) is 3.04. The van der Waals surface area contributed by atoms with E-state index >= 15 is 0 Å². The van der Waals surface area contributed by atoms with Gasteiger partial charge in [-0.25, -0.2) is 14.7 Å². The molecule has 2 N–H and O–H groups in total. The van der Waals surface area contributed by atoms with Gasteiger partial charge in [0.1, 0.15) is 23.5 Å². The van der Waals surface area contributed by atoms with Crippen molar-refractivity contribution in [2.45, 2.75) is 9.97 Å². The largest absolute Gasteiger partial charge is 0.416 e. The van der Waals surface area contributed by atoms with Crippen molar-refractivity contribution in [3.8, 4) is 17.8 Å². The summed E-state index contributed by atoms with van der Waals surface area (Å²) in [4.78, 5) is 7.58. The number of hydrogen-bond acceptors (Lipinski definition) is 6. The Morgan fingerprint density at radius 1 is 1.13 bits per heavy atom. The van der Waals surface area contributed by atoms with Gasteiger partial charge in [-0.1, -0.05) is 58.0 Å². The molecule has 1 aromatic carbocycles. The Hall–Kier alpha value is -2.21. The lowest BCUT2D eigenvalue weighted by Gasteiger charge is -2.16. The molecule has 0 aliphatic carbocycles. The van der Waals surface area contributed by atoms with E-state index in [4.69, 9.17) is 74.3 Å². The molecular weight excluding hydrogens is 512 g/mol. The number of nitriles is 2. The predicted molar refractivity (Wildman–Crippen MR) is 106 cm³/mol. The third-order valence-corrected chi connectivity index (χ3v) is 4.31. The van der Waals surface area contributed by atoms with E-state index in [1.54, 1.807) is 6.07 Å². The summed E-state index contributed by atoms with van der Waals surface area (Å²) in [6, 6.07) is 4.36. The molecule has 30 heavy (non-hydrogen) atoms. The molecule has 0 aliphatic rings. The van der Waals surface area contributed by atoms with Crippen molar-refractivity contribution in [2.24, 2.45) is 10.7 Å². The normalized spacial score (nSPS) is 13.1. The number of alkyl halides is 6. The summed E-state index contributed by atoms with van der Waals surface area (Å²) in [6.45, 7) is 0. The number of aliphatic imine (C=N–C) groups is 1. The molecule has 1 heterocycles. The van der Waals surface area contributed by atoms with E-state index in [2.05, 4.69) is 15.1 Å². The zero-order valence-corrected chi connectivity index (χ0v) is 17.8. The predicted octanol–water partition coefficient (Wildman–Crippen LogP) is 5.06. The van der Waals surface area contributed by atoms with Crippen LogP contribution in [0.1, 0.15) is 17.2 Å². The van der Waals surface area contributed by atoms with Crippen molar-refractivity contribution in [3.63, 3.8) is 0 Å². The number of aromatic nitrogens is 3. The van der Waals surface area contributed by atoms with E-state index < -0.39 is 37.0 Å². The van der Waals surface area contributed by atoms with Crippen LogP contribution in [0.5, 0.6) is 0 Å². The molecule has 0 atom stereocenters. The lowest BCUT2D eigenvalue weighted by molar-refractivity contribution is -0.137. The first kappa shape index (κ1) is 24.1.